The van der Waals surface area contributed by atoms with Gasteiger partial charge in [0.15, 0.2) is 6.04 Å². The molecule has 0 aliphatic carbocycles. The second-order valence-corrected chi connectivity index (χ2v) is 2.88. The van der Waals surface area contributed by atoms with E-state index in [-0.39, 0.29) is 0 Å². The van der Waals surface area contributed by atoms with E-state index in [4.69, 9.17) is 0 Å². The minimum atomic E-state index is -0.774. The van der Waals surface area contributed by atoms with Gasteiger partial charge in [-0.1, -0.05) is 18.2 Å². The summed E-state index contributed by atoms with van der Waals surface area (Å²) in [5.41, 5.74) is 0.938. The summed E-state index contributed by atoms with van der Waals surface area (Å²) in [4.78, 5) is 26.1. The van der Waals surface area contributed by atoms with E-state index in [0.717, 1.165) is 0 Å². The number of rotatable bonds is 1. The first-order valence-corrected chi connectivity index (χ1v) is 4.05. The molecule has 0 N–H and O–H groups in total. The highest BCUT2D eigenvalue weighted by atomic mass is 16.6. The third-order valence-electron chi connectivity index (χ3n) is 2.07. The van der Waals surface area contributed by atoms with Crippen molar-refractivity contribution < 1.29 is 14.3 Å². The average Bonchev–Trinajstić information content (AvgIpc) is 2.18. The number of nitrogens with zero attached hydrogens (tertiary/aromatic N) is 1. The van der Waals surface area contributed by atoms with Gasteiger partial charge in [-0.3, -0.25) is 4.99 Å². The smallest absolute Gasteiger partial charge is 0.346 e. The van der Waals surface area contributed by atoms with Gasteiger partial charge in [0, 0.05) is 5.56 Å². The molecule has 0 unspecified atom stereocenters. The summed E-state index contributed by atoms with van der Waals surface area (Å²) in [7, 11) is 0. The Labute approximate surface area is 80.2 Å². The van der Waals surface area contributed by atoms with E-state index in [1.807, 2.05) is 0 Å². The Balaban J connectivity index is 2.61. The molecule has 4 nitrogen and oxygen atoms in total. The summed E-state index contributed by atoms with van der Waals surface area (Å²) in [6.45, 7) is 3.30. The molecular weight excluding hydrogens is 182 g/mol. The molecule has 4 heteroatoms. The molecule has 0 radical (unpaired) electrons. The van der Waals surface area contributed by atoms with E-state index in [2.05, 4.69) is 16.4 Å². The fraction of sp³-hybridized carbons (Fsp3) is 0.100. The largest absolute Gasteiger partial charge is 0.388 e. The molecule has 0 bridgehead atoms. The Bertz CT molecular complexity index is 425. The summed E-state index contributed by atoms with van der Waals surface area (Å²) in [5, 5.41) is 0. The third-order valence-corrected chi connectivity index (χ3v) is 2.07. The Morgan fingerprint density at radius 2 is 2.00 bits per heavy atom. The standard InChI is InChI=1S/C10H7NO3/c1-11-8-6-4-2-3-5-7(6)9(12)14-10(8)13/h2-5,8H,1H2/t8-/m0/s1. The van der Waals surface area contributed by atoms with Crippen molar-refractivity contribution in [1.82, 2.24) is 0 Å². The number of fused-ring (bicyclic) bond motifs is 1. The average molecular weight is 189 g/mol. The van der Waals surface area contributed by atoms with Gasteiger partial charge in [-0.15, -0.1) is 0 Å². The summed E-state index contributed by atoms with van der Waals surface area (Å²) >= 11 is 0. The van der Waals surface area contributed by atoms with Crippen molar-refractivity contribution >= 4 is 18.7 Å². The fourth-order valence-corrected chi connectivity index (χ4v) is 1.42. The highest BCUT2D eigenvalue weighted by Crippen LogP contribution is 2.27. The maximum absolute atomic E-state index is 11.3. The van der Waals surface area contributed by atoms with Crippen LogP contribution in [0.3, 0.4) is 0 Å². The zero-order valence-corrected chi connectivity index (χ0v) is 7.27. The topological polar surface area (TPSA) is 55.7 Å². The number of carbonyl (C=O) groups excluding carboxylic acids is 2. The van der Waals surface area contributed by atoms with E-state index in [9.17, 15) is 9.59 Å². The van der Waals surface area contributed by atoms with Crippen LogP contribution in [0.4, 0.5) is 0 Å². The maximum atomic E-state index is 11.3. The number of aliphatic imine (C=N–C) groups is 1. The minimum Gasteiger partial charge on any atom is -0.388 e. The Morgan fingerprint density at radius 1 is 1.29 bits per heavy atom. The van der Waals surface area contributed by atoms with Gasteiger partial charge in [0.05, 0.1) is 5.56 Å². The van der Waals surface area contributed by atoms with Crippen LogP contribution in [0.5, 0.6) is 0 Å². The molecule has 0 spiro atoms. The van der Waals surface area contributed by atoms with Gasteiger partial charge in [0.25, 0.3) is 0 Å². The van der Waals surface area contributed by atoms with Gasteiger partial charge in [-0.2, -0.15) is 0 Å². The van der Waals surface area contributed by atoms with Crippen LogP contribution in [-0.4, -0.2) is 18.7 Å². The number of ether oxygens (including phenoxy) is 1. The van der Waals surface area contributed by atoms with Crippen LogP contribution in [0.1, 0.15) is 22.0 Å². The van der Waals surface area contributed by atoms with Crippen LogP contribution in [0.15, 0.2) is 29.3 Å². The quantitative estimate of drug-likeness (QED) is 0.378. The number of hydrogen-bond acceptors (Lipinski definition) is 4. The molecule has 1 aliphatic rings. The van der Waals surface area contributed by atoms with Crippen LogP contribution in [-0.2, 0) is 9.53 Å². The van der Waals surface area contributed by atoms with Crippen molar-refractivity contribution in [1.29, 1.82) is 0 Å². The van der Waals surface area contributed by atoms with Gasteiger partial charge in [-0.05, 0) is 12.8 Å². The van der Waals surface area contributed by atoms with Crippen LogP contribution in [0, 0.1) is 0 Å². The highest BCUT2D eigenvalue weighted by molar-refractivity contribution is 6.04. The second kappa shape index (κ2) is 3.06. The van der Waals surface area contributed by atoms with E-state index in [1.165, 1.54) is 0 Å². The first-order valence-electron chi connectivity index (χ1n) is 4.05. The summed E-state index contributed by atoms with van der Waals surface area (Å²) in [6, 6.07) is 5.94. The minimum absolute atomic E-state index is 0.379. The predicted molar refractivity (Wildman–Crippen MR) is 49.2 cm³/mol. The maximum Gasteiger partial charge on any atom is 0.346 e. The number of hydrogen-bond donors (Lipinski definition) is 0. The van der Waals surface area contributed by atoms with Crippen molar-refractivity contribution in [2.24, 2.45) is 4.99 Å². The van der Waals surface area contributed by atoms with Crippen molar-refractivity contribution in [3.8, 4) is 0 Å². The summed E-state index contributed by atoms with van der Waals surface area (Å²) < 4.78 is 4.50. The molecule has 1 heterocycles. The van der Waals surface area contributed by atoms with Crippen molar-refractivity contribution in [2.75, 3.05) is 0 Å². The number of cyclic esters (lactones) is 2. The van der Waals surface area contributed by atoms with Crippen LogP contribution in [0.25, 0.3) is 0 Å². The Kier molecular flexibility index (Phi) is 1.89. The van der Waals surface area contributed by atoms with Gasteiger partial charge in [-0.25, -0.2) is 9.59 Å². The lowest BCUT2D eigenvalue weighted by atomic mass is 9.99. The van der Waals surface area contributed by atoms with E-state index >= 15 is 0 Å². The number of carbonyl (C=O) groups is 2. The van der Waals surface area contributed by atoms with E-state index in [1.54, 1.807) is 24.3 Å². The van der Waals surface area contributed by atoms with E-state index < -0.39 is 18.0 Å². The molecule has 2 rings (SSSR count). The molecule has 1 aromatic rings. The molecule has 0 amide bonds. The molecule has 0 fully saturated rings. The van der Waals surface area contributed by atoms with Crippen molar-refractivity contribution in [3.63, 3.8) is 0 Å². The SMILES string of the molecule is C=N[C@@H]1C(=O)OC(=O)c2ccccc21. The molecule has 1 atom stereocenters. The van der Waals surface area contributed by atoms with Gasteiger partial charge in [0.1, 0.15) is 0 Å². The zero-order valence-electron chi connectivity index (χ0n) is 7.27. The second-order valence-electron chi connectivity index (χ2n) is 2.88. The monoisotopic (exact) mass is 189 g/mol. The lowest BCUT2D eigenvalue weighted by Gasteiger charge is -2.18. The van der Waals surface area contributed by atoms with Crippen LogP contribution < -0.4 is 0 Å². The van der Waals surface area contributed by atoms with Crippen LogP contribution >= 0.6 is 0 Å². The summed E-state index contributed by atoms with van der Waals surface area (Å²) in [5.74, 6) is -1.28. The van der Waals surface area contributed by atoms with Crippen molar-refractivity contribution in [3.05, 3.63) is 35.4 Å². The fourth-order valence-electron chi connectivity index (χ4n) is 1.42. The lowest BCUT2D eigenvalue weighted by molar-refractivity contribution is -0.140. The van der Waals surface area contributed by atoms with Crippen molar-refractivity contribution in [2.45, 2.75) is 6.04 Å². The molecule has 0 saturated heterocycles. The molecular formula is C10H7NO3. The zero-order chi connectivity index (χ0) is 10.1. The normalized spacial score (nSPS) is 19.9. The first-order chi connectivity index (χ1) is 6.74. The third kappa shape index (κ3) is 1.12. The van der Waals surface area contributed by atoms with Gasteiger partial charge < -0.3 is 4.74 Å². The van der Waals surface area contributed by atoms with Crippen LogP contribution in [0.2, 0.25) is 0 Å². The lowest BCUT2D eigenvalue weighted by Crippen LogP contribution is -2.26. The molecule has 14 heavy (non-hydrogen) atoms. The Morgan fingerprint density at radius 3 is 2.71 bits per heavy atom. The Hall–Kier alpha value is -1.97. The first kappa shape index (κ1) is 8.62. The number of esters is 2. The molecule has 0 saturated carbocycles. The molecule has 1 aromatic carbocycles. The van der Waals surface area contributed by atoms with Gasteiger partial charge >= 0.3 is 11.9 Å². The molecule has 0 aromatic heterocycles. The van der Waals surface area contributed by atoms with Gasteiger partial charge in [0.2, 0.25) is 0 Å². The highest BCUT2D eigenvalue weighted by Gasteiger charge is 2.33. The molecule has 70 valence electrons. The van der Waals surface area contributed by atoms with E-state index in [0.29, 0.717) is 11.1 Å². The molecule has 1 aliphatic heterocycles. The number of benzene rings is 1. The summed E-state index contributed by atoms with van der Waals surface area (Å²) in [6.07, 6.45) is 0. The predicted octanol–water partition coefficient (Wildman–Crippen LogP) is 1.13.